The van der Waals surface area contributed by atoms with Gasteiger partial charge in [-0.15, -0.1) is 0 Å². The lowest BCUT2D eigenvalue weighted by Crippen LogP contribution is -2.24. The molecule has 1 saturated carbocycles. The van der Waals surface area contributed by atoms with Gasteiger partial charge in [-0.2, -0.15) is 13.2 Å². The number of nitrogens with one attached hydrogen (secondary N) is 1. The second kappa shape index (κ2) is 8.42. The van der Waals surface area contributed by atoms with E-state index in [0.29, 0.717) is 12.3 Å². The summed E-state index contributed by atoms with van der Waals surface area (Å²) in [4.78, 5) is 21.5. The van der Waals surface area contributed by atoms with Crippen LogP contribution >= 0.6 is 11.8 Å². The molecule has 6 nitrogen and oxygen atoms in total. The Morgan fingerprint density at radius 3 is 2.75 bits per heavy atom. The van der Waals surface area contributed by atoms with E-state index >= 15 is 0 Å². The number of carbonyl (C=O) groups is 1. The van der Waals surface area contributed by atoms with Crippen LogP contribution in [0, 0.1) is 0 Å². The molecule has 2 aromatic heterocycles. The van der Waals surface area contributed by atoms with Crippen molar-refractivity contribution in [1.82, 2.24) is 15.3 Å². The molecule has 0 aromatic carbocycles. The summed E-state index contributed by atoms with van der Waals surface area (Å²) in [6.07, 6.45) is -1.84. The first-order valence-corrected chi connectivity index (χ1v) is 9.94. The average molecular weight is 414 g/mol. The first-order chi connectivity index (χ1) is 13.3. The van der Waals surface area contributed by atoms with Crippen LogP contribution in [0.1, 0.15) is 48.2 Å². The molecular weight excluding hydrogens is 393 g/mol. The minimum Gasteiger partial charge on any atom is -0.455 e. The fourth-order valence-corrected chi connectivity index (χ4v) is 3.21. The number of aromatic nitrogens is 2. The number of halogens is 3. The first kappa shape index (κ1) is 20.5. The van der Waals surface area contributed by atoms with Crippen molar-refractivity contribution >= 4 is 23.5 Å². The van der Waals surface area contributed by atoms with Crippen LogP contribution in [0.3, 0.4) is 0 Å². The monoisotopic (exact) mass is 414 g/mol. The molecule has 0 bridgehead atoms. The van der Waals surface area contributed by atoms with Gasteiger partial charge in [-0.25, -0.2) is 9.97 Å². The van der Waals surface area contributed by atoms with E-state index in [1.807, 2.05) is 6.92 Å². The van der Waals surface area contributed by atoms with Gasteiger partial charge in [-0.05, 0) is 31.4 Å². The number of anilines is 1. The number of hydrogen-bond donors (Lipinski definition) is 1. The van der Waals surface area contributed by atoms with Crippen LogP contribution in [-0.4, -0.2) is 35.5 Å². The lowest BCUT2D eigenvalue weighted by Gasteiger charge is -2.19. The molecule has 1 aliphatic carbocycles. The molecule has 1 amide bonds. The largest absolute Gasteiger partial charge is 0.455 e. The highest BCUT2D eigenvalue weighted by atomic mass is 32.2. The molecule has 1 aliphatic rings. The number of carbonyl (C=O) groups excluding carboxylic acids is 1. The molecule has 0 radical (unpaired) electrons. The van der Waals surface area contributed by atoms with Crippen molar-refractivity contribution in [3.05, 3.63) is 35.4 Å². The number of rotatable bonds is 8. The summed E-state index contributed by atoms with van der Waals surface area (Å²) in [5.74, 6) is 0.814. The second-order valence-electron chi connectivity index (χ2n) is 6.62. The zero-order valence-electron chi connectivity index (χ0n) is 15.5. The topological polar surface area (TPSA) is 71.3 Å². The Morgan fingerprint density at radius 1 is 1.36 bits per heavy atom. The van der Waals surface area contributed by atoms with Gasteiger partial charge in [-0.1, -0.05) is 18.7 Å². The SMILES string of the molecule is CCCN(C)c1cc(C(F)(F)F)nc(SCc2ccc(C(=O)NC3CC3)o2)n1. The van der Waals surface area contributed by atoms with Crippen molar-refractivity contribution in [2.24, 2.45) is 0 Å². The number of furan rings is 1. The van der Waals surface area contributed by atoms with Gasteiger partial charge in [0.25, 0.3) is 5.91 Å². The van der Waals surface area contributed by atoms with Gasteiger partial charge in [0.15, 0.2) is 16.6 Å². The molecule has 0 spiro atoms. The van der Waals surface area contributed by atoms with Gasteiger partial charge in [0.05, 0.1) is 5.75 Å². The maximum atomic E-state index is 13.2. The van der Waals surface area contributed by atoms with Crippen molar-refractivity contribution < 1.29 is 22.4 Å². The lowest BCUT2D eigenvalue weighted by atomic mass is 10.3. The van der Waals surface area contributed by atoms with E-state index in [1.165, 1.54) is 0 Å². The van der Waals surface area contributed by atoms with E-state index in [0.717, 1.165) is 37.1 Å². The normalized spacial score (nSPS) is 14.2. The van der Waals surface area contributed by atoms with Crippen LogP contribution in [0.15, 0.2) is 27.8 Å². The van der Waals surface area contributed by atoms with E-state index in [2.05, 4.69) is 15.3 Å². The third-order valence-corrected chi connectivity index (χ3v) is 4.94. The Balaban J connectivity index is 1.71. The third-order valence-electron chi connectivity index (χ3n) is 4.07. The quantitative estimate of drug-likeness (QED) is 0.518. The number of nitrogens with zero attached hydrogens (tertiary/aromatic N) is 3. The number of alkyl halides is 3. The van der Waals surface area contributed by atoms with Crippen LogP contribution in [0.5, 0.6) is 0 Å². The molecule has 0 aliphatic heterocycles. The van der Waals surface area contributed by atoms with Crippen LogP contribution in [0.4, 0.5) is 19.0 Å². The maximum absolute atomic E-state index is 13.2. The molecule has 10 heteroatoms. The van der Waals surface area contributed by atoms with Crippen LogP contribution in [-0.2, 0) is 11.9 Å². The van der Waals surface area contributed by atoms with Crippen molar-refractivity contribution in [3.8, 4) is 0 Å². The van der Waals surface area contributed by atoms with Crippen LogP contribution in [0.25, 0.3) is 0 Å². The average Bonchev–Trinajstić information content (AvgIpc) is 3.32. The molecule has 0 atom stereocenters. The van der Waals surface area contributed by atoms with Crippen LogP contribution < -0.4 is 10.2 Å². The summed E-state index contributed by atoms with van der Waals surface area (Å²) in [7, 11) is 1.69. The van der Waals surface area contributed by atoms with Crippen molar-refractivity contribution in [2.75, 3.05) is 18.5 Å². The van der Waals surface area contributed by atoms with E-state index in [1.54, 1.807) is 24.1 Å². The molecule has 0 saturated heterocycles. The van der Waals surface area contributed by atoms with Crippen molar-refractivity contribution in [2.45, 2.75) is 49.3 Å². The molecule has 152 valence electrons. The summed E-state index contributed by atoms with van der Waals surface area (Å²) >= 11 is 1.03. The zero-order chi connectivity index (χ0) is 20.3. The predicted octanol–water partition coefficient (Wildman–Crippen LogP) is 4.12. The fraction of sp³-hybridized carbons (Fsp3) is 0.500. The summed E-state index contributed by atoms with van der Waals surface area (Å²) in [6, 6.07) is 4.35. The standard InChI is InChI=1S/C18H21F3N4O2S/c1-3-8-25(2)15-9-14(18(19,20)21)23-17(24-15)28-10-12-6-7-13(27-12)16(26)22-11-4-5-11/h6-7,9,11H,3-5,8,10H2,1-2H3,(H,22,26). The molecular formula is C18H21F3N4O2S. The summed E-state index contributed by atoms with van der Waals surface area (Å²) in [5, 5.41) is 2.83. The molecule has 2 aromatic rings. The lowest BCUT2D eigenvalue weighted by molar-refractivity contribution is -0.141. The van der Waals surface area contributed by atoms with E-state index in [4.69, 9.17) is 4.42 Å². The van der Waals surface area contributed by atoms with Gasteiger partial charge in [0.2, 0.25) is 0 Å². The van der Waals surface area contributed by atoms with E-state index < -0.39 is 11.9 Å². The molecule has 0 unspecified atom stereocenters. The Kier molecular flexibility index (Phi) is 6.17. The van der Waals surface area contributed by atoms with Gasteiger partial charge >= 0.3 is 6.18 Å². The summed E-state index contributed by atoms with van der Waals surface area (Å²) in [5.41, 5.74) is -0.980. The van der Waals surface area contributed by atoms with E-state index in [9.17, 15) is 18.0 Å². The van der Waals surface area contributed by atoms with Gasteiger partial charge in [-0.3, -0.25) is 4.79 Å². The summed E-state index contributed by atoms with van der Waals surface area (Å²) < 4.78 is 45.0. The van der Waals surface area contributed by atoms with Gasteiger partial charge < -0.3 is 14.6 Å². The highest BCUT2D eigenvalue weighted by Crippen LogP contribution is 2.32. The number of hydrogen-bond acceptors (Lipinski definition) is 6. The summed E-state index contributed by atoms with van der Waals surface area (Å²) in [6.45, 7) is 2.52. The smallest absolute Gasteiger partial charge is 0.433 e. The van der Waals surface area contributed by atoms with Crippen molar-refractivity contribution in [3.63, 3.8) is 0 Å². The predicted molar refractivity (Wildman–Crippen MR) is 99.4 cm³/mol. The maximum Gasteiger partial charge on any atom is 0.433 e. The minimum atomic E-state index is -4.56. The Hall–Kier alpha value is -2.23. The highest BCUT2D eigenvalue weighted by Gasteiger charge is 2.34. The van der Waals surface area contributed by atoms with E-state index in [-0.39, 0.29) is 34.4 Å². The Morgan fingerprint density at radius 2 is 2.11 bits per heavy atom. The molecule has 3 rings (SSSR count). The molecule has 1 N–H and O–H groups in total. The van der Waals surface area contributed by atoms with Crippen molar-refractivity contribution in [1.29, 1.82) is 0 Å². The fourth-order valence-electron chi connectivity index (χ4n) is 2.47. The minimum absolute atomic E-state index is 0.00756. The first-order valence-electron chi connectivity index (χ1n) is 8.96. The number of amides is 1. The highest BCUT2D eigenvalue weighted by molar-refractivity contribution is 7.98. The molecule has 2 heterocycles. The van der Waals surface area contributed by atoms with Crippen LogP contribution in [0.2, 0.25) is 0 Å². The Labute approximate surface area is 164 Å². The van der Waals surface area contributed by atoms with Gasteiger partial charge in [0.1, 0.15) is 11.6 Å². The zero-order valence-corrected chi connectivity index (χ0v) is 16.4. The number of thioether (sulfide) groups is 1. The molecule has 1 fully saturated rings. The second-order valence-corrected chi connectivity index (χ2v) is 7.56. The third kappa shape index (κ3) is 5.40. The Bertz CT molecular complexity index is 836. The van der Waals surface area contributed by atoms with Gasteiger partial charge in [0, 0.05) is 25.7 Å². The molecule has 28 heavy (non-hydrogen) atoms.